The molecule has 1 aromatic carbocycles. The minimum Gasteiger partial charge on any atom is -0.497 e. The van der Waals surface area contributed by atoms with Gasteiger partial charge in [-0.15, -0.1) is 0 Å². The Morgan fingerprint density at radius 1 is 1.19 bits per heavy atom. The highest BCUT2D eigenvalue weighted by atomic mass is 16.5. The molecule has 0 fully saturated rings. The monoisotopic (exact) mass is 293 g/mol. The van der Waals surface area contributed by atoms with Crippen LogP contribution in [0.15, 0.2) is 24.3 Å². The van der Waals surface area contributed by atoms with Crippen LogP contribution >= 0.6 is 0 Å². The van der Waals surface area contributed by atoms with E-state index in [9.17, 15) is 0 Å². The Labute approximate surface area is 130 Å². The molecule has 0 aliphatic heterocycles. The molecule has 0 bridgehead atoms. The van der Waals surface area contributed by atoms with Gasteiger partial charge in [0.2, 0.25) is 0 Å². The number of hydrogen-bond donors (Lipinski definition) is 1. The first-order chi connectivity index (χ1) is 10.1. The fraction of sp³-hybridized carbons (Fsp3) is 0.647. The van der Waals surface area contributed by atoms with Crippen molar-refractivity contribution in [1.29, 1.82) is 0 Å². The van der Waals surface area contributed by atoms with Gasteiger partial charge in [-0.2, -0.15) is 0 Å². The minimum absolute atomic E-state index is 0.328. The number of ether oxygens (including phenoxy) is 1. The highest BCUT2D eigenvalue weighted by molar-refractivity contribution is 5.30. The fourth-order valence-electron chi connectivity index (χ4n) is 2.43. The number of methoxy groups -OCH3 is 1. The first kappa shape index (κ1) is 18.0. The van der Waals surface area contributed by atoms with E-state index in [0.29, 0.717) is 6.04 Å². The second kappa shape index (κ2) is 9.77. The molecule has 0 saturated carbocycles. The standard InChI is InChI=1S/C17H31N3O/c1-6-10-20(12-11-19(3)4)14-17(18-2)15-8-7-9-16(13-15)21-5/h7-9,13,17-18H,6,10-12,14H2,1-5H3. The van der Waals surface area contributed by atoms with E-state index < -0.39 is 0 Å². The third-order valence-electron chi connectivity index (χ3n) is 3.69. The Hall–Kier alpha value is -1.10. The molecule has 0 radical (unpaired) electrons. The number of rotatable bonds is 10. The van der Waals surface area contributed by atoms with E-state index in [-0.39, 0.29) is 0 Å². The molecule has 0 amide bonds. The lowest BCUT2D eigenvalue weighted by atomic mass is 10.1. The van der Waals surface area contributed by atoms with Gasteiger partial charge in [-0.05, 0) is 51.8 Å². The molecule has 0 aromatic heterocycles. The zero-order valence-electron chi connectivity index (χ0n) is 14.2. The summed E-state index contributed by atoms with van der Waals surface area (Å²) in [6.07, 6.45) is 1.18. The Bertz CT molecular complexity index is 395. The molecular formula is C17H31N3O. The first-order valence-electron chi connectivity index (χ1n) is 7.79. The average Bonchev–Trinajstić information content (AvgIpc) is 2.50. The lowest BCUT2D eigenvalue weighted by molar-refractivity contribution is 0.221. The zero-order chi connectivity index (χ0) is 15.7. The van der Waals surface area contributed by atoms with Gasteiger partial charge in [0.15, 0.2) is 0 Å². The van der Waals surface area contributed by atoms with E-state index in [1.807, 2.05) is 13.1 Å². The largest absolute Gasteiger partial charge is 0.497 e. The van der Waals surface area contributed by atoms with Crippen LogP contribution in [-0.2, 0) is 0 Å². The molecule has 1 N–H and O–H groups in total. The van der Waals surface area contributed by atoms with Crippen molar-refractivity contribution >= 4 is 0 Å². The number of nitrogens with zero attached hydrogens (tertiary/aromatic N) is 2. The number of likely N-dealkylation sites (N-methyl/N-ethyl adjacent to an activating group) is 2. The summed E-state index contributed by atoms with van der Waals surface area (Å²) in [5.41, 5.74) is 1.28. The summed E-state index contributed by atoms with van der Waals surface area (Å²) in [6, 6.07) is 8.67. The molecule has 0 aliphatic rings. The third kappa shape index (κ3) is 6.46. The fourth-order valence-corrected chi connectivity index (χ4v) is 2.43. The van der Waals surface area contributed by atoms with Crippen LogP contribution in [0.5, 0.6) is 5.75 Å². The van der Waals surface area contributed by atoms with E-state index in [4.69, 9.17) is 4.74 Å². The van der Waals surface area contributed by atoms with Crippen molar-refractivity contribution < 1.29 is 4.74 Å². The van der Waals surface area contributed by atoms with Crippen LogP contribution in [0.25, 0.3) is 0 Å². The molecule has 1 rings (SSSR count). The smallest absolute Gasteiger partial charge is 0.119 e. The highest BCUT2D eigenvalue weighted by Gasteiger charge is 2.14. The molecule has 1 atom stereocenters. The lowest BCUT2D eigenvalue weighted by Crippen LogP contribution is -2.38. The second-order valence-corrected chi connectivity index (χ2v) is 5.72. The average molecular weight is 293 g/mol. The highest BCUT2D eigenvalue weighted by Crippen LogP contribution is 2.20. The predicted octanol–water partition coefficient (Wildman–Crippen LogP) is 2.23. The molecule has 120 valence electrons. The van der Waals surface area contributed by atoms with Crippen molar-refractivity contribution in [3.8, 4) is 5.75 Å². The van der Waals surface area contributed by atoms with E-state index in [0.717, 1.165) is 31.9 Å². The predicted molar refractivity (Wildman–Crippen MR) is 90.1 cm³/mol. The van der Waals surface area contributed by atoms with Crippen molar-refractivity contribution in [1.82, 2.24) is 15.1 Å². The topological polar surface area (TPSA) is 27.7 Å². The Morgan fingerprint density at radius 3 is 2.52 bits per heavy atom. The van der Waals surface area contributed by atoms with Crippen molar-refractivity contribution in [2.24, 2.45) is 0 Å². The Morgan fingerprint density at radius 2 is 1.95 bits per heavy atom. The van der Waals surface area contributed by atoms with Gasteiger partial charge >= 0.3 is 0 Å². The molecule has 1 aromatic rings. The van der Waals surface area contributed by atoms with Gasteiger partial charge in [0.1, 0.15) is 5.75 Å². The van der Waals surface area contributed by atoms with Crippen LogP contribution in [0.1, 0.15) is 24.9 Å². The van der Waals surface area contributed by atoms with Crippen LogP contribution in [0.3, 0.4) is 0 Å². The maximum Gasteiger partial charge on any atom is 0.119 e. The van der Waals surface area contributed by atoms with Crippen LogP contribution in [-0.4, -0.2) is 64.2 Å². The first-order valence-corrected chi connectivity index (χ1v) is 7.79. The second-order valence-electron chi connectivity index (χ2n) is 5.72. The van der Waals surface area contributed by atoms with Crippen LogP contribution in [0.2, 0.25) is 0 Å². The molecule has 4 nitrogen and oxygen atoms in total. The van der Waals surface area contributed by atoms with E-state index >= 15 is 0 Å². The van der Waals surface area contributed by atoms with E-state index in [1.54, 1.807) is 7.11 Å². The van der Waals surface area contributed by atoms with Gasteiger partial charge in [-0.3, -0.25) is 0 Å². The van der Waals surface area contributed by atoms with Gasteiger partial charge in [0.05, 0.1) is 7.11 Å². The maximum atomic E-state index is 5.33. The van der Waals surface area contributed by atoms with Crippen molar-refractivity contribution in [3.05, 3.63) is 29.8 Å². The minimum atomic E-state index is 0.328. The Kier molecular flexibility index (Phi) is 8.35. The molecule has 0 heterocycles. The summed E-state index contributed by atoms with van der Waals surface area (Å²) >= 11 is 0. The summed E-state index contributed by atoms with van der Waals surface area (Å²) in [4.78, 5) is 4.77. The van der Waals surface area contributed by atoms with Gasteiger partial charge in [-0.25, -0.2) is 0 Å². The number of nitrogens with one attached hydrogen (secondary N) is 1. The quantitative estimate of drug-likeness (QED) is 0.716. The van der Waals surface area contributed by atoms with Gasteiger partial charge in [-0.1, -0.05) is 19.1 Å². The lowest BCUT2D eigenvalue weighted by Gasteiger charge is -2.28. The number of hydrogen-bond acceptors (Lipinski definition) is 4. The van der Waals surface area contributed by atoms with Gasteiger partial charge in [0, 0.05) is 25.7 Å². The van der Waals surface area contributed by atoms with Gasteiger partial charge < -0.3 is 19.9 Å². The maximum absolute atomic E-state index is 5.33. The Balaban J connectivity index is 2.71. The molecule has 0 saturated heterocycles. The molecule has 0 spiro atoms. The molecule has 21 heavy (non-hydrogen) atoms. The van der Waals surface area contributed by atoms with Crippen LogP contribution < -0.4 is 10.1 Å². The summed E-state index contributed by atoms with van der Waals surface area (Å²) in [7, 11) is 8.00. The molecule has 0 aliphatic carbocycles. The van der Waals surface area contributed by atoms with Crippen molar-refractivity contribution in [3.63, 3.8) is 0 Å². The summed E-state index contributed by atoms with van der Waals surface area (Å²) < 4.78 is 5.33. The summed E-state index contributed by atoms with van der Waals surface area (Å²) in [6.45, 7) is 6.58. The molecular weight excluding hydrogens is 262 g/mol. The molecule has 1 unspecified atom stereocenters. The SMILES string of the molecule is CCCN(CCN(C)C)CC(NC)c1cccc(OC)c1. The van der Waals surface area contributed by atoms with Crippen LogP contribution in [0.4, 0.5) is 0 Å². The van der Waals surface area contributed by atoms with Crippen LogP contribution in [0, 0.1) is 0 Å². The van der Waals surface area contributed by atoms with E-state index in [1.165, 1.54) is 12.0 Å². The summed E-state index contributed by atoms with van der Waals surface area (Å²) in [5, 5.41) is 3.44. The number of benzene rings is 1. The zero-order valence-corrected chi connectivity index (χ0v) is 14.2. The van der Waals surface area contributed by atoms with Gasteiger partial charge in [0.25, 0.3) is 0 Å². The third-order valence-corrected chi connectivity index (χ3v) is 3.69. The summed E-state index contributed by atoms with van der Waals surface area (Å²) in [5.74, 6) is 0.920. The molecule has 4 heteroatoms. The van der Waals surface area contributed by atoms with Crippen molar-refractivity contribution in [2.45, 2.75) is 19.4 Å². The normalized spacial score (nSPS) is 12.9. The van der Waals surface area contributed by atoms with E-state index in [2.05, 4.69) is 54.3 Å². The van der Waals surface area contributed by atoms with Crippen molar-refractivity contribution in [2.75, 3.05) is 54.4 Å².